The zero-order valence-electron chi connectivity index (χ0n) is 8.83. The Bertz CT molecular complexity index is 289. The second kappa shape index (κ2) is 4.50. The molecule has 14 heavy (non-hydrogen) atoms. The lowest BCUT2D eigenvalue weighted by Gasteiger charge is -2.06. The van der Waals surface area contributed by atoms with Crippen molar-refractivity contribution in [3.8, 4) is 5.75 Å². The highest BCUT2D eigenvalue weighted by molar-refractivity contribution is 5.28. The minimum Gasteiger partial charge on any atom is -0.493 e. The van der Waals surface area contributed by atoms with Gasteiger partial charge in [0.25, 0.3) is 0 Å². The molecular weight excluding hydrogens is 172 g/mol. The van der Waals surface area contributed by atoms with E-state index in [1.165, 1.54) is 24.8 Å². The van der Waals surface area contributed by atoms with E-state index in [1.807, 2.05) is 0 Å². The monoisotopic (exact) mass is 190 g/mol. The molecule has 1 aliphatic rings. The maximum atomic E-state index is 5.72. The number of ether oxygens (including phenoxy) is 1. The van der Waals surface area contributed by atoms with Crippen molar-refractivity contribution >= 4 is 0 Å². The Hall–Kier alpha value is -0.980. The fraction of sp³-hybridized carbons (Fsp3) is 0.538. The summed E-state index contributed by atoms with van der Waals surface area (Å²) in [6.07, 6.45) is 5.07. The molecule has 1 fully saturated rings. The van der Waals surface area contributed by atoms with Crippen molar-refractivity contribution in [3.63, 3.8) is 0 Å². The first kappa shape index (κ1) is 9.57. The third-order valence-electron chi connectivity index (χ3n) is 2.62. The Morgan fingerprint density at radius 2 is 2.21 bits per heavy atom. The zero-order valence-corrected chi connectivity index (χ0v) is 8.83. The van der Waals surface area contributed by atoms with Gasteiger partial charge in [0, 0.05) is 0 Å². The molecule has 1 heteroatoms. The van der Waals surface area contributed by atoms with Gasteiger partial charge in [-0.1, -0.05) is 25.5 Å². The fourth-order valence-electron chi connectivity index (χ4n) is 1.58. The predicted molar refractivity (Wildman–Crippen MR) is 58.7 cm³/mol. The number of hydrogen-bond donors (Lipinski definition) is 0. The Morgan fingerprint density at radius 1 is 1.36 bits per heavy atom. The first-order valence-corrected chi connectivity index (χ1v) is 5.60. The molecule has 1 aromatic carbocycles. The summed E-state index contributed by atoms with van der Waals surface area (Å²) in [4.78, 5) is 0. The molecule has 0 bridgehead atoms. The lowest BCUT2D eigenvalue weighted by atomic mass is 10.1. The maximum Gasteiger partial charge on any atom is 0.119 e. The summed E-state index contributed by atoms with van der Waals surface area (Å²) >= 11 is 0. The van der Waals surface area contributed by atoms with Crippen molar-refractivity contribution < 1.29 is 4.74 Å². The molecule has 2 rings (SSSR count). The van der Waals surface area contributed by atoms with Crippen LogP contribution in [0.2, 0.25) is 0 Å². The topological polar surface area (TPSA) is 9.23 Å². The Labute approximate surface area is 86.1 Å². The number of aryl methyl sites for hydroxylation is 1. The summed E-state index contributed by atoms with van der Waals surface area (Å²) in [7, 11) is 0. The summed E-state index contributed by atoms with van der Waals surface area (Å²) in [6.45, 7) is 3.12. The highest BCUT2D eigenvalue weighted by Gasteiger charge is 2.21. The molecule has 0 spiro atoms. The molecular formula is C13H18O. The quantitative estimate of drug-likeness (QED) is 0.691. The van der Waals surface area contributed by atoms with Crippen molar-refractivity contribution in [2.24, 2.45) is 5.92 Å². The van der Waals surface area contributed by atoms with Crippen molar-refractivity contribution in [2.75, 3.05) is 6.61 Å². The van der Waals surface area contributed by atoms with Crippen LogP contribution in [0.25, 0.3) is 0 Å². The van der Waals surface area contributed by atoms with Gasteiger partial charge < -0.3 is 4.74 Å². The summed E-state index contributed by atoms with van der Waals surface area (Å²) in [5.74, 6) is 1.88. The zero-order chi connectivity index (χ0) is 9.80. The minimum atomic E-state index is 0.838. The molecule has 1 saturated carbocycles. The highest BCUT2D eigenvalue weighted by atomic mass is 16.5. The van der Waals surface area contributed by atoms with E-state index in [1.54, 1.807) is 0 Å². The van der Waals surface area contributed by atoms with Crippen LogP contribution < -0.4 is 4.74 Å². The van der Waals surface area contributed by atoms with Crippen LogP contribution in [0.5, 0.6) is 5.75 Å². The van der Waals surface area contributed by atoms with Gasteiger partial charge >= 0.3 is 0 Å². The Balaban J connectivity index is 1.90. The summed E-state index contributed by atoms with van der Waals surface area (Å²) in [5, 5.41) is 0. The molecule has 0 aromatic heterocycles. The van der Waals surface area contributed by atoms with Crippen LogP contribution in [0.1, 0.15) is 31.7 Å². The molecule has 76 valence electrons. The van der Waals surface area contributed by atoms with Crippen molar-refractivity contribution in [1.29, 1.82) is 0 Å². The molecule has 0 N–H and O–H groups in total. The van der Waals surface area contributed by atoms with Crippen LogP contribution in [0, 0.1) is 5.92 Å². The molecule has 1 aliphatic carbocycles. The van der Waals surface area contributed by atoms with Crippen molar-refractivity contribution in [3.05, 3.63) is 29.8 Å². The molecule has 0 aliphatic heterocycles. The molecule has 0 unspecified atom stereocenters. The second-order valence-corrected chi connectivity index (χ2v) is 4.15. The Kier molecular flexibility index (Phi) is 3.07. The average Bonchev–Trinajstić information content (AvgIpc) is 2.99. The SMILES string of the molecule is CCCc1cccc(OCC2CC2)c1. The normalized spacial score (nSPS) is 15.5. The van der Waals surface area contributed by atoms with Crippen LogP contribution in [0.4, 0.5) is 0 Å². The van der Waals surface area contributed by atoms with Crippen LogP contribution in [0.15, 0.2) is 24.3 Å². The van der Waals surface area contributed by atoms with E-state index in [2.05, 4.69) is 31.2 Å². The molecule has 0 atom stereocenters. The van der Waals surface area contributed by atoms with Gasteiger partial charge in [-0.2, -0.15) is 0 Å². The Morgan fingerprint density at radius 3 is 2.93 bits per heavy atom. The summed E-state index contributed by atoms with van der Waals surface area (Å²) in [5.41, 5.74) is 1.39. The van der Waals surface area contributed by atoms with Gasteiger partial charge in [-0.15, -0.1) is 0 Å². The van der Waals surface area contributed by atoms with Gasteiger partial charge in [-0.05, 0) is 42.9 Å². The van der Waals surface area contributed by atoms with Crippen molar-refractivity contribution in [2.45, 2.75) is 32.6 Å². The van der Waals surface area contributed by atoms with E-state index in [4.69, 9.17) is 4.74 Å². The van der Waals surface area contributed by atoms with E-state index < -0.39 is 0 Å². The lowest BCUT2D eigenvalue weighted by Crippen LogP contribution is -1.99. The van der Waals surface area contributed by atoms with Gasteiger partial charge in [0.2, 0.25) is 0 Å². The number of hydrogen-bond acceptors (Lipinski definition) is 1. The van der Waals surface area contributed by atoms with Gasteiger partial charge in [0.1, 0.15) is 5.75 Å². The largest absolute Gasteiger partial charge is 0.493 e. The van der Waals surface area contributed by atoms with E-state index in [-0.39, 0.29) is 0 Å². The molecule has 0 heterocycles. The van der Waals surface area contributed by atoms with Crippen LogP contribution in [0.3, 0.4) is 0 Å². The van der Waals surface area contributed by atoms with E-state index >= 15 is 0 Å². The standard InChI is InChI=1S/C13H18O/c1-2-4-11-5-3-6-13(9-11)14-10-12-7-8-12/h3,5-6,9,12H,2,4,7-8,10H2,1H3. The summed E-state index contributed by atoms with van der Waals surface area (Å²) < 4.78 is 5.72. The first-order valence-electron chi connectivity index (χ1n) is 5.60. The third-order valence-corrected chi connectivity index (χ3v) is 2.62. The van der Waals surface area contributed by atoms with Gasteiger partial charge in [0.05, 0.1) is 6.61 Å². The summed E-state index contributed by atoms with van der Waals surface area (Å²) in [6, 6.07) is 8.49. The highest BCUT2D eigenvalue weighted by Crippen LogP contribution is 2.29. The molecule has 0 radical (unpaired) electrons. The lowest BCUT2D eigenvalue weighted by molar-refractivity contribution is 0.299. The second-order valence-electron chi connectivity index (χ2n) is 4.15. The van der Waals surface area contributed by atoms with E-state index in [0.29, 0.717) is 0 Å². The molecule has 1 nitrogen and oxygen atoms in total. The third kappa shape index (κ3) is 2.76. The van der Waals surface area contributed by atoms with Crippen LogP contribution >= 0.6 is 0 Å². The predicted octanol–water partition coefficient (Wildman–Crippen LogP) is 3.43. The van der Waals surface area contributed by atoms with Crippen LogP contribution in [-0.4, -0.2) is 6.61 Å². The minimum absolute atomic E-state index is 0.838. The fourth-order valence-corrected chi connectivity index (χ4v) is 1.58. The molecule has 0 saturated heterocycles. The van der Waals surface area contributed by atoms with Crippen molar-refractivity contribution in [1.82, 2.24) is 0 Å². The average molecular weight is 190 g/mol. The number of rotatable bonds is 5. The number of benzene rings is 1. The van der Waals surface area contributed by atoms with Gasteiger partial charge in [0.15, 0.2) is 0 Å². The smallest absolute Gasteiger partial charge is 0.119 e. The van der Waals surface area contributed by atoms with Gasteiger partial charge in [-0.3, -0.25) is 0 Å². The molecule has 1 aromatic rings. The van der Waals surface area contributed by atoms with Crippen LogP contribution in [-0.2, 0) is 6.42 Å². The van der Waals surface area contributed by atoms with E-state index in [9.17, 15) is 0 Å². The first-order chi connectivity index (χ1) is 6.88. The van der Waals surface area contributed by atoms with E-state index in [0.717, 1.165) is 24.7 Å². The molecule has 0 amide bonds. The maximum absolute atomic E-state index is 5.72. The van der Waals surface area contributed by atoms with Gasteiger partial charge in [-0.25, -0.2) is 0 Å².